The monoisotopic (exact) mass is 341 g/mol. The van der Waals surface area contributed by atoms with Crippen molar-refractivity contribution in [3.8, 4) is 0 Å². The Kier molecular flexibility index (Phi) is 4.12. The molecule has 1 aliphatic heterocycles. The van der Waals surface area contributed by atoms with Crippen LogP contribution in [0.4, 0.5) is 11.8 Å². The van der Waals surface area contributed by atoms with Crippen LogP contribution in [0, 0.1) is 0 Å². The minimum Gasteiger partial charge on any atom is -0.369 e. The lowest BCUT2D eigenvalue weighted by Crippen LogP contribution is -2.35. The van der Waals surface area contributed by atoms with Gasteiger partial charge in [-0.2, -0.15) is 0 Å². The van der Waals surface area contributed by atoms with Crippen LogP contribution in [0.5, 0.6) is 0 Å². The summed E-state index contributed by atoms with van der Waals surface area (Å²) in [6, 6.07) is 3.89. The van der Waals surface area contributed by atoms with E-state index in [4.69, 9.17) is 10.7 Å². The van der Waals surface area contributed by atoms with Gasteiger partial charge in [-0.1, -0.05) is 0 Å². The molecule has 0 spiro atoms. The van der Waals surface area contributed by atoms with Crippen molar-refractivity contribution in [3.05, 3.63) is 40.2 Å². The van der Waals surface area contributed by atoms with Gasteiger partial charge >= 0.3 is 0 Å². The van der Waals surface area contributed by atoms with Crippen LogP contribution in [0.2, 0.25) is 0 Å². The number of nitrogens with two attached hydrogens (primary N) is 1. The van der Waals surface area contributed by atoms with Crippen molar-refractivity contribution in [1.82, 2.24) is 24.8 Å². The fraction of sp³-hybridized carbons (Fsp3) is 0.529. The molecule has 8 heteroatoms. The maximum Gasteiger partial charge on any atom is 0.252 e. The second kappa shape index (κ2) is 6.44. The van der Waals surface area contributed by atoms with Gasteiger partial charge in [0, 0.05) is 43.9 Å². The van der Waals surface area contributed by atoms with Crippen LogP contribution >= 0.6 is 0 Å². The average molecular weight is 341 g/mol. The smallest absolute Gasteiger partial charge is 0.252 e. The first-order valence-corrected chi connectivity index (χ1v) is 8.72. The highest BCUT2D eigenvalue weighted by Crippen LogP contribution is 2.38. The summed E-state index contributed by atoms with van der Waals surface area (Å²) in [5.74, 6) is 2.73. The van der Waals surface area contributed by atoms with E-state index in [0.29, 0.717) is 24.2 Å². The molecule has 4 rings (SSSR count). The number of hydrogen-bond donors (Lipinski definition) is 2. The highest BCUT2D eigenvalue weighted by molar-refractivity contribution is 5.40. The van der Waals surface area contributed by atoms with Crippen molar-refractivity contribution in [2.24, 2.45) is 0 Å². The van der Waals surface area contributed by atoms with Crippen LogP contribution in [0.1, 0.15) is 36.7 Å². The minimum absolute atomic E-state index is 0.164. The zero-order valence-corrected chi connectivity index (χ0v) is 14.4. The van der Waals surface area contributed by atoms with Gasteiger partial charge in [0.25, 0.3) is 5.56 Å². The molecule has 0 aromatic carbocycles. The van der Waals surface area contributed by atoms with Crippen LogP contribution in [0.25, 0.3) is 0 Å². The van der Waals surface area contributed by atoms with Crippen LogP contribution in [-0.4, -0.2) is 51.0 Å². The molecule has 25 heavy (non-hydrogen) atoms. The standard InChI is InChI=1S/C17H23N7O/c1-23(9-12-8-15(25)22-17(18)20-12)13-5-7-24(10-13)14-4-6-19-16(21-14)11-2-3-11/h4,6,8,11,13H,2-3,5,7,9-10H2,1H3,(H3,18,20,22,25)/t13-/m1/s1. The molecule has 8 nitrogen and oxygen atoms in total. The van der Waals surface area contributed by atoms with Gasteiger partial charge in [-0.3, -0.25) is 14.7 Å². The zero-order valence-electron chi connectivity index (χ0n) is 14.4. The Bertz CT molecular complexity index is 817. The summed E-state index contributed by atoms with van der Waals surface area (Å²) < 4.78 is 0. The zero-order chi connectivity index (χ0) is 17.4. The minimum atomic E-state index is -0.211. The number of nitrogens with one attached hydrogen (secondary N) is 1. The lowest BCUT2D eigenvalue weighted by atomic mass is 10.2. The van der Waals surface area contributed by atoms with Crippen LogP contribution in [-0.2, 0) is 6.54 Å². The fourth-order valence-electron chi connectivity index (χ4n) is 3.38. The summed E-state index contributed by atoms with van der Waals surface area (Å²) in [4.78, 5) is 31.9. The molecule has 132 valence electrons. The number of hydrogen-bond acceptors (Lipinski definition) is 7. The number of nitrogen functional groups attached to an aromatic ring is 1. The molecule has 0 radical (unpaired) electrons. The highest BCUT2D eigenvalue weighted by atomic mass is 16.1. The second-order valence-electron chi connectivity index (χ2n) is 6.97. The van der Waals surface area contributed by atoms with Gasteiger partial charge in [-0.05, 0) is 32.4 Å². The molecule has 2 fully saturated rings. The Morgan fingerprint density at radius 3 is 2.96 bits per heavy atom. The molecule has 0 amide bonds. The predicted octanol–water partition coefficient (Wildman–Crippen LogP) is 0.730. The van der Waals surface area contributed by atoms with Crippen LogP contribution in [0.3, 0.4) is 0 Å². The molecule has 1 saturated carbocycles. The average Bonchev–Trinajstić information content (AvgIpc) is 3.30. The van der Waals surface area contributed by atoms with Crippen molar-refractivity contribution >= 4 is 11.8 Å². The van der Waals surface area contributed by atoms with E-state index in [9.17, 15) is 4.79 Å². The van der Waals surface area contributed by atoms with E-state index in [1.54, 1.807) is 0 Å². The number of aromatic nitrogens is 4. The number of likely N-dealkylation sites (N-methyl/N-ethyl adjacent to an activating group) is 1. The molecule has 3 N–H and O–H groups in total. The summed E-state index contributed by atoms with van der Waals surface area (Å²) in [7, 11) is 2.06. The summed E-state index contributed by atoms with van der Waals surface area (Å²) in [5, 5.41) is 0. The van der Waals surface area contributed by atoms with Gasteiger partial charge in [0.05, 0.1) is 5.69 Å². The Labute approximate surface area is 146 Å². The summed E-state index contributed by atoms with van der Waals surface area (Å²) in [6.45, 7) is 2.49. The Balaban J connectivity index is 1.41. The fourth-order valence-corrected chi connectivity index (χ4v) is 3.38. The molecule has 3 heterocycles. The lowest BCUT2D eigenvalue weighted by Gasteiger charge is -2.24. The molecule has 0 unspecified atom stereocenters. The third-order valence-electron chi connectivity index (χ3n) is 4.94. The highest BCUT2D eigenvalue weighted by Gasteiger charge is 2.30. The van der Waals surface area contributed by atoms with E-state index < -0.39 is 0 Å². The number of nitrogens with zero attached hydrogens (tertiary/aromatic N) is 5. The molecular formula is C17H23N7O. The van der Waals surface area contributed by atoms with Crippen molar-refractivity contribution < 1.29 is 0 Å². The third kappa shape index (κ3) is 3.63. The summed E-state index contributed by atoms with van der Waals surface area (Å²) >= 11 is 0. The number of H-pyrrole nitrogens is 1. The van der Waals surface area contributed by atoms with Gasteiger partial charge in [0.2, 0.25) is 5.95 Å². The van der Waals surface area contributed by atoms with Gasteiger partial charge in [-0.25, -0.2) is 15.0 Å². The summed E-state index contributed by atoms with van der Waals surface area (Å²) in [5.41, 5.74) is 6.11. The molecule has 0 bridgehead atoms. The molecule has 2 aromatic rings. The Morgan fingerprint density at radius 2 is 2.20 bits per heavy atom. The second-order valence-corrected chi connectivity index (χ2v) is 6.97. The normalized spacial score (nSPS) is 20.4. The van der Waals surface area contributed by atoms with Crippen molar-refractivity contribution in [2.75, 3.05) is 30.8 Å². The topological polar surface area (TPSA) is 104 Å². The van der Waals surface area contributed by atoms with Gasteiger partial charge in [-0.15, -0.1) is 0 Å². The van der Waals surface area contributed by atoms with Gasteiger partial charge in [0.15, 0.2) is 0 Å². The first-order valence-electron chi connectivity index (χ1n) is 8.72. The van der Waals surface area contributed by atoms with E-state index in [1.165, 1.54) is 18.9 Å². The van der Waals surface area contributed by atoms with Crippen molar-refractivity contribution in [2.45, 2.75) is 37.8 Å². The maximum atomic E-state index is 11.5. The third-order valence-corrected chi connectivity index (χ3v) is 4.94. The van der Waals surface area contributed by atoms with Gasteiger partial charge in [0.1, 0.15) is 11.6 Å². The van der Waals surface area contributed by atoms with E-state index in [-0.39, 0.29) is 11.5 Å². The number of anilines is 2. The Hall–Kier alpha value is -2.48. The van der Waals surface area contributed by atoms with E-state index in [2.05, 4.69) is 31.8 Å². The SMILES string of the molecule is CN(Cc1cc(=O)[nH]c(N)n1)[C@@H]1CCN(c2ccnc(C3CC3)n2)C1. The van der Waals surface area contributed by atoms with Crippen molar-refractivity contribution in [3.63, 3.8) is 0 Å². The first kappa shape index (κ1) is 16.0. The molecule has 1 saturated heterocycles. The van der Waals surface area contributed by atoms with Crippen molar-refractivity contribution in [1.29, 1.82) is 0 Å². The van der Waals surface area contributed by atoms with E-state index >= 15 is 0 Å². The van der Waals surface area contributed by atoms with E-state index in [1.807, 2.05) is 12.3 Å². The Morgan fingerprint density at radius 1 is 1.36 bits per heavy atom. The molecular weight excluding hydrogens is 318 g/mol. The number of aromatic amines is 1. The molecule has 2 aromatic heterocycles. The molecule has 2 aliphatic rings. The maximum absolute atomic E-state index is 11.5. The van der Waals surface area contributed by atoms with Gasteiger partial charge < -0.3 is 10.6 Å². The quantitative estimate of drug-likeness (QED) is 0.826. The number of rotatable bonds is 5. The largest absolute Gasteiger partial charge is 0.369 e. The first-order chi connectivity index (χ1) is 12.1. The van der Waals surface area contributed by atoms with E-state index in [0.717, 1.165) is 31.2 Å². The summed E-state index contributed by atoms with van der Waals surface area (Å²) in [6.07, 6.45) is 5.34. The predicted molar refractivity (Wildman–Crippen MR) is 95.4 cm³/mol. The molecule has 1 aliphatic carbocycles. The molecule has 1 atom stereocenters. The lowest BCUT2D eigenvalue weighted by molar-refractivity contribution is 0.247. The van der Waals surface area contributed by atoms with Crippen LogP contribution < -0.4 is 16.2 Å². The van der Waals surface area contributed by atoms with Crippen LogP contribution in [0.15, 0.2) is 23.1 Å².